The fourth-order valence-electron chi connectivity index (χ4n) is 2.75. The molecule has 0 saturated carbocycles. The summed E-state index contributed by atoms with van der Waals surface area (Å²) in [7, 11) is -1.22. The number of halogens is 1. The second-order valence-corrected chi connectivity index (χ2v) is 7.95. The number of likely N-dealkylation sites (N-methyl/N-ethyl adjacent to an activating group) is 1. The number of fused-ring (bicyclic) bond motifs is 1. The van der Waals surface area contributed by atoms with Crippen molar-refractivity contribution in [1.82, 2.24) is 5.32 Å². The molecule has 0 radical (unpaired) electrons. The predicted molar refractivity (Wildman–Crippen MR) is 82.7 cm³/mol. The fraction of sp³-hybridized carbons (Fsp3) is 0.462. The van der Waals surface area contributed by atoms with Crippen LogP contribution in [0.15, 0.2) is 12.1 Å². The zero-order chi connectivity index (χ0) is 15.2. The predicted octanol–water partition coefficient (Wildman–Crippen LogP) is 0.787. The van der Waals surface area contributed by atoms with Crippen molar-refractivity contribution in [1.29, 1.82) is 0 Å². The topological polar surface area (TPSA) is 78.5 Å². The molecule has 0 aromatic heterocycles. The first-order chi connectivity index (χ1) is 9.91. The van der Waals surface area contributed by atoms with Gasteiger partial charge in [0.15, 0.2) is 9.84 Å². The van der Waals surface area contributed by atoms with Gasteiger partial charge in [-0.05, 0) is 19.2 Å². The van der Waals surface area contributed by atoms with E-state index >= 15 is 0 Å². The third kappa shape index (κ3) is 2.61. The van der Waals surface area contributed by atoms with E-state index in [1.807, 2.05) is 11.0 Å². The van der Waals surface area contributed by atoms with E-state index in [0.29, 0.717) is 18.1 Å². The van der Waals surface area contributed by atoms with E-state index in [1.165, 1.54) is 0 Å². The fourth-order valence-corrected chi connectivity index (χ4v) is 4.25. The van der Waals surface area contributed by atoms with Gasteiger partial charge in [-0.15, -0.1) is 0 Å². The minimum Gasteiger partial charge on any atom is -0.368 e. The number of sulfone groups is 1. The molecule has 2 N–H and O–H groups in total. The van der Waals surface area contributed by atoms with Gasteiger partial charge in [-0.1, -0.05) is 11.6 Å². The van der Waals surface area contributed by atoms with Crippen molar-refractivity contribution in [2.75, 3.05) is 41.9 Å². The summed E-state index contributed by atoms with van der Waals surface area (Å²) in [4.78, 5) is 13.8. The first-order valence-corrected chi connectivity index (χ1v) is 8.88. The van der Waals surface area contributed by atoms with Gasteiger partial charge in [0.1, 0.15) is 6.04 Å². The van der Waals surface area contributed by atoms with Gasteiger partial charge < -0.3 is 15.5 Å². The average molecular weight is 330 g/mol. The van der Waals surface area contributed by atoms with Crippen molar-refractivity contribution in [3.05, 3.63) is 22.7 Å². The summed E-state index contributed by atoms with van der Waals surface area (Å²) in [5.74, 6) is 0.152. The molecule has 1 saturated heterocycles. The Labute approximate surface area is 128 Å². The summed E-state index contributed by atoms with van der Waals surface area (Å²) in [6.07, 6.45) is 0. The molecule has 21 heavy (non-hydrogen) atoms. The molecule has 3 rings (SSSR count). The number of anilines is 2. The maximum absolute atomic E-state index is 11.8. The van der Waals surface area contributed by atoms with Gasteiger partial charge in [0.25, 0.3) is 0 Å². The number of hydrogen-bond acceptors (Lipinski definition) is 5. The van der Waals surface area contributed by atoms with Crippen molar-refractivity contribution in [2.24, 2.45) is 0 Å². The van der Waals surface area contributed by atoms with Gasteiger partial charge in [-0.3, -0.25) is 4.79 Å². The highest BCUT2D eigenvalue weighted by molar-refractivity contribution is 7.91. The standard InChI is InChI=1S/C13H16ClN3O3S/c1-15-12-8-6-9(14)11(7-10(8)16-13(12)18)17-2-4-21(19,20)5-3-17/h6-7,12,15H,2-5H2,1H3,(H,16,18). The molecule has 2 heterocycles. The van der Waals surface area contributed by atoms with Crippen LogP contribution < -0.4 is 15.5 Å². The lowest BCUT2D eigenvalue weighted by Gasteiger charge is -2.30. The Balaban J connectivity index is 1.92. The molecule has 6 nitrogen and oxygen atoms in total. The number of nitrogens with one attached hydrogen (secondary N) is 2. The maximum atomic E-state index is 11.8. The largest absolute Gasteiger partial charge is 0.368 e. The molecule has 1 amide bonds. The van der Waals surface area contributed by atoms with Crippen LogP contribution in [0.1, 0.15) is 11.6 Å². The van der Waals surface area contributed by atoms with Crippen LogP contribution in [0.25, 0.3) is 0 Å². The van der Waals surface area contributed by atoms with Crippen LogP contribution in [0.3, 0.4) is 0 Å². The van der Waals surface area contributed by atoms with Crippen molar-refractivity contribution < 1.29 is 13.2 Å². The number of rotatable bonds is 2. The highest BCUT2D eigenvalue weighted by Gasteiger charge is 2.31. The minimum absolute atomic E-state index is 0.109. The van der Waals surface area contributed by atoms with Crippen LogP contribution in [0, 0.1) is 0 Å². The molecule has 114 valence electrons. The normalized spacial score (nSPS) is 23.8. The Morgan fingerprint density at radius 1 is 1.33 bits per heavy atom. The monoisotopic (exact) mass is 329 g/mol. The van der Waals surface area contributed by atoms with Crippen molar-refractivity contribution >= 4 is 38.7 Å². The zero-order valence-electron chi connectivity index (χ0n) is 11.5. The van der Waals surface area contributed by atoms with E-state index in [9.17, 15) is 13.2 Å². The van der Waals surface area contributed by atoms with E-state index in [0.717, 1.165) is 16.9 Å². The number of benzene rings is 1. The lowest BCUT2D eigenvalue weighted by molar-refractivity contribution is -0.117. The molecule has 0 aliphatic carbocycles. The van der Waals surface area contributed by atoms with Gasteiger partial charge in [0, 0.05) is 24.3 Å². The Bertz CT molecular complexity index is 691. The maximum Gasteiger partial charge on any atom is 0.246 e. The molecular weight excluding hydrogens is 314 g/mol. The van der Waals surface area contributed by atoms with E-state index in [1.54, 1.807) is 13.1 Å². The van der Waals surface area contributed by atoms with Crippen LogP contribution in [-0.2, 0) is 14.6 Å². The van der Waals surface area contributed by atoms with Crippen molar-refractivity contribution in [3.63, 3.8) is 0 Å². The summed E-state index contributed by atoms with van der Waals surface area (Å²) >= 11 is 6.32. The molecule has 1 unspecified atom stereocenters. The Hall–Kier alpha value is -1.31. The van der Waals surface area contributed by atoms with Crippen LogP contribution >= 0.6 is 11.6 Å². The second kappa shape index (κ2) is 5.15. The van der Waals surface area contributed by atoms with Gasteiger partial charge in [0.05, 0.1) is 22.2 Å². The Morgan fingerprint density at radius 2 is 2.00 bits per heavy atom. The summed E-state index contributed by atoms with van der Waals surface area (Å²) in [6, 6.07) is 3.20. The SMILES string of the molecule is CNC1C(=O)Nc2cc(N3CCS(=O)(=O)CC3)c(Cl)cc21. The van der Waals surface area contributed by atoms with Gasteiger partial charge in [-0.25, -0.2) is 8.42 Å². The molecule has 8 heteroatoms. The smallest absolute Gasteiger partial charge is 0.246 e. The molecule has 2 aliphatic rings. The summed E-state index contributed by atoms with van der Waals surface area (Å²) in [5, 5.41) is 6.29. The number of amides is 1. The Morgan fingerprint density at radius 3 is 2.62 bits per heavy atom. The lowest BCUT2D eigenvalue weighted by Crippen LogP contribution is -2.40. The summed E-state index contributed by atoms with van der Waals surface area (Å²) in [6.45, 7) is 0.842. The van der Waals surface area contributed by atoms with Gasteiger partial charge in [0.2, 0.25) is 5.91 Å². The second-order valence-electron chi connectivity index (χ2n) is 5.24. The highest BCUT2D eigenvalue weighted by atomic mass is 35.5. The average Bonchev–Trinajstić information content (AvgIpc) is 2.72. The molecule has 1 atom stereocenters. The molecule has 1 fully saturated rings. The van der Waals surface area contributed by atoms with Crippen molar-refractivity contribution in [3.8, 4) is 0 Å². The van der Waals surface area contributed by atoms with Crippen LogP contribution in [0.5, 0.6) is 0 Å². The third-order valence-corrected chi connectivity index (χ3v) is 5.84. The molecule has 0 spiro atoms. The first-order valence-electron chi connectivity index (χ1n) is 6.68. The molecule has 0 bridgehead atoms. The molecular formula is C13H16ClN3O3S. The van der Waals surface area contributed by atoms with E-state index in [2.05, 4.69) is 10.6 Å². The number of carbonyl (C=O) groups is 1. The molecule has 1 aromatic carbocycles. The first kappa shape index (κ1) is 14.6. The van der Waals surface area contributed by atoms with Crippen LogP contribution in [-0.4, -0.2) is 46.0 Å². The van der Waals surface area contributed by atoms with E-state index in [-0.39, 0.29) is 17.4 Å². The lowest BCUT2D eigenvalue weighted by atomic mass is 10.1. The molecule has 1 aromatic rings. The van der Waals surface area contributed by atoms with Gasteiger partial charge in [-0.2, -0.15) is 0 Å². The minimum atomic E-state index is -2.93. The van der Waals surface area contributed by atoms with E-state index < -0.39 is 15.9 Å². The summed E-state index contributed by atoms with van der Waals surface area (Å²) < 4.78 is 23.0. The summed E-state index contributed by atoms with van der Waals surface area (Å²) in [5.41, 5.74) is 2.32. The number of carbonyl (C=O) groups excluding carboxylic acids is 1. The van der Waals surface area contributed by atoms with Crippen molar-refractivity contribution in [2.45, 2.75) is 6.04 Å². The quantitative estimate of drug-likeness (QED) is 0.838. The van der Waals surface area contributed by atoms with E-state index in [4.69, 9.17) is 11.6 Å². The number of nitrogens with zero attached hydrogens (tertiary/aromatic N) is 1. The zero-order valence-corrected chi connectivity index (χ0v) is 13.1. The highest BCUT2D eigenvalue weighted by Crippen LogP contribution is 2.39. The van der Waals surface area contributed by atoms with Crippen LogP contribution in [0.4, 0.5) is 11.4 Å². The Kier molecular flexibility index (Phi) is 3.59. The van der Waals surface area contributed by atoms with Crippen LogP contribution in [0.2, 0.25) is 5.02 Å². The van der Waals surface area contributed by atoms with Gasteiger partial charge >= 0.3 is 0 Å². The number of hydrogen-bond donors (Lipinski definition) is 2. The third-order valence-electron chi connectivity index (χ3n) is 3.92. The molecule has 2 aliphatic heterocycles.